The molecule has 2 N–H and O–H groups in total. The molecule has 156 valence electrons. The van der Waals surface area contributed by atoms with Crippen molar-refractivity contribution < 1.29 is 28.8 Å². The summed E-state index contributed by atoms with van der Waals surface area (Å²) in [7, 11) is 6.22. The first-order valence-corrected chi connectivity index (χ1v) is 9.47. The molecule has 0 aliphatic carbocycles. The van der Waals surface area contributed by atoms with Gasteiger partial charge in [0.15, 0.2) is 23.0 Å². The molecule has 0 radical (unpaired) electrons. The third-order valence-electron chi connectivity index (χ3n) is 5.20. The van der Waals surface area contributed by atoms with Crippen LogP contribution < -0.4 is 24.3 Å². The number of hydrogen-bond acceptors (Lipinski definition) is 7. The van der Waals surface area contributed by atoms with Gasteiger partial charge >= 0.3 is 0 Å². The zero-order valence-corrected chi connectivity index (χ0v) is 17.2. The van der Waals surface area contributed by atoms with E-state index in [9.17, 15) is 9.90 Å². The van der Waals surface area contributed by atoms with Gasteiger partial charge < -0.3 is 29.4 Å². The molecule has 1 aliphatic heterocycles. The largest absolute Gasteiger partial charge is 0.504 e. The van der Waals surface area contributed by atoms with E-state index in [0.717, 1.165) is 16.7 Å². The van der Waals surface area contributed by atoms with Crippen LogP contribution in [0.2, 0.25) is 0 Å². The summed E-state index contributed by atoms with van der Waals surface area (Å²) < 4.78 is 22.0. The summed E-state index contributed by atoms with van der Waals surface area (Å²) in [5.74, 6) is 2.21. The second-order valence-corrected chi connectivity index (χ2v) is 6.83. The van der Waals surface area contributed by atoms with E-state index in [1.165, 1.54) is 7.11 Å². The van der Waals surface area contributed by atoms with Crippen LogP contribution in [-0.2, 0) is 11.2 Å². The summed E-state index contributed by atoms with van der Waals surface area (Å²) in [5.41, 5.74) is 2.62. The van der Waals surface area contributed by atoms with Crippen LogP contribution in [0.5, 0.6) is 28.7 Å². The molecule has 0 saturated heterocycles. The molecular weight excluding hydrogens is 374 g/mol. The minimum absolute atomic E-state index is 0.0451. The summed E-state index contributed by atoms with van der Waals surface area (Å²) in [6.45, 7) is 0.507. The zero-order chi connectivity index (χ0) is 21.0. The first kappa shape index (κ1) is 20.8. The lowest BCUT2D eigenvalue weighted by Crippen LogP contribution is -2.25. The second kappa shape index (κ2) is 9.05. The van der Waals surface area contributed by atoms with Crippen molar-refractivity contribution >= 4 is 5.78 Å². The fraction of sp³-hybridized carbons (Fsp3) is 0.409. The lowest BCUT2D eigenvalue weighted by atomic mass is 9.90. The van der Waals surface area contributed by atoms with E-state index in [1.54, 1.807) is 33.5 Å². The topological polar surface area (TPSA) is 86.3 Å². The predicted octanol–water partition coefficient (Wildman–Crippen LogP) is 3.01. The van der Waals surface area contributed by atoms with Gasteiger partial charge in [-0.15, -0.1) is 0 Å². The number of phenols is 1. The van der Waals surface area contributed by atoms with Crippen molar-refractivity contribution in [2.45, 2.75) is 25.3 Å². The van der Waals surface area contributed by atoms with Crippen molar-refractivity contribution in [1.82, 2.24) is 5.32 Å². The SMILES string of the molecule is COc1ccc(C2NCCC(=O)CCc3cc(OC)c(OC)c(OC)c32)cc1O. The van der Waals surface area contributed by atoms with E-state index in [2.05, 4.69) is 5.32 Å². The number of methoxy groups -OCH3 is 4. The lowest BCUT2D eigenvalue weighted by molar-refractivity contribution is -0.118. The smallest absolute Gasteiger partial charge is 0.203 e. The van der Waals surface area contributed by atoms with Gasteiger partial charge in [-0.2, -0.15) is 0 Å². The van der Waals surface area contributed by atoms with Crippen LogP contribution in [0, 0.1) is 0 Å². The van der Waals surface area contributed by atoms with Gasteiger partial charge in [-0.05, 0) is 35.7 Å². The Balaban J connectivity index is 2.24. The molecule has 1 heterocycles. The molecule has 7 nitrogen and oxygen atoms in total. The van der Waals surface area contributed by atoms with Gasteiger partial charge in [0.2, 0.25) is 5.75 Å². The van der Waals surface area contributed by atoms with Crippen LogP contribution in [0.15, 0.2) is 24.3 Å². The lowest BCUT2D eigenvalue weighted by Gasteiger charge is -2.26. The second-order valence-electron chi connectivity index (χ2n) is 6.83. The monoisotopic (exact) mass is 401 g/mol. The van der Waals surface area contributed by atoms with E-state index in [-0.39, 0.29) is 17.6 Å². The summed E-state index contributed by atoms with van der Waals surface area (Å²) >= 11 is 0. The van der Waals surface area contributed by atoms with E-state index >= 15 is 0 Å². The fourth-order valence-electron chi connectivity index (χ4n) is 3.78. The van der Waals surface area contributed by atoms with Gasteiger partial charge in [0, 0.05) is 24.9 Å². The van der Waals surface area contributed by atoms with Gasteiger partial charge in [0.1, 0.15) is 5.78 Å². The molecule has 3 rings (SSSR count). The Morgan fingerprint density at radius 1 is 0.897 bits per heavy atom. The van der Waals surface area contributed by atoms with Gasteiger partial charge in [-0.3, -0.25) is 4.79 Å². The number of aryl methyl sites for hydroxylation is 1. The Hall–Kier alpha value is -2.93. The highest BCUT2D eigenvalue weighted by atomic mass is 16.5. The van der Waals surface area contributed by atoms with Gasteiger partial charge in [-0.1, -0.05) is 6.07 Å². The number of hydrogen-bond donors (Lipinski definition) is 2. The number of ketones is 1. The quantitative estimate of drug-likeness (QED) is 0.796. The van der Waals surface area contributed by atoms with Crippen molar-refractivity contribution in [3.63, 3.8) is 0 Å². The maximum absolute atomic E-state index is 12.2. The molecule has 2 aromatic carbocycles. The molecular formula is C22H27NO6. The third-order valence-corrected chi connectivity index (χ3v) is 5.20. The Bertz CT molecular complexity index is 895. The summed E-state index contributed by atoms with van der Waals surface area (Å²) in [4.78, 5) is 12.2. The highest BCUT2D eigenvalue weighted by Gasteiger charge is 2.29. The number of phenolic OH excluding ortho intramolecular Hbond substituents is 1. The first-order valence-electron chi connectivity index (χ1n) is 9.47. The Morgan fingerprint density at radius 2 is 1.62 bits per heavy atom. The maximum Gasteiger partial charge on any atom is 0.203 e. The van der Waals surface area contributed by atoms with Crippen LogP contribution in [0.25, 0.3) is 0 Å². The molecule has 1 aliphatic rings. The van der Waals surface area contributed by atoms with Gasteiger partial charge in [0.05, 0.1) is 34.5 Å². The number of carbonyl (C=O) groups excluding carboxylic acids is 1. The van der Waals surface area contributed by atoms with E-state index in [4.69, 9.17) is 18.9 Å². The number of Topliss-reactive ketones (excluding diaryl/α,β-unsaturated/α-hetero) is 1. The highest BCUT2D eigenvalue weighted by molar-refractivity contribution is 5.79. The van der Waals surface area contributed by atoms with E-state index in [1.807, 2.05) is 12.1 Å². The number of rotatable bonds is 5. The molecule has 2 aromatic rings. The fourth-order valence-corrected chi connectivity index (χ4v) is 3.78. The normalized spacial score (nSPS) is 16.8. The molecule has 0 spiro atoms. The molecule has 0 aromatic heterocycles. The standard InChI is InChI=1S/C22H27NO6/c1-26-17-8-6-14(11-16(17)25)20-19-13(5-7-15(24)9-10-23-20)12-18(27-2)21(28-3)22(19)29-4/h6,8,11-12,20,23,25H,5,7,9-10H2,1-4H3. The number of nitrogens with one attached hydrogen (secondary N) is 1. The van der Waals surface area contributed by atoms with E-state index in [0.29, 0.717) is 48.8 Å². The average molecular weight is 401 g/mol. The predicted molar refractivity (Wildman–Crippen MR) is 109 cm³/mol. The Labute approximate surface area is 170 Å². The average Bonchev–Trinajstić information content (AvgIpc) is 2.81. The van der Waals surface area contributed by atoms with Gasteiger partial charge in [0.25, 0.3) is 0 Å². The first-order chi connectivity index (χ1) is 14.0. The molecule has 29 heavy (non-hydrogen) atoms. The van der Waals surface area contributed by atoms with E-state index < -0.39 is 0 Å². The number of aromatic hydroxyl groups is 1. The zero-order valence-electron chi connectivity index (χ0n) is 17.2. The van der Waals surface area contributed by atoms with Crippen molar-refractivity contribution in [2.75, 3.05) is 35.0 Å². The van der Waals surface area contributed by atoms with Crippen molar-refractivity contribution in [3.05, 3.63) is 41.0 Å². The minimum Gasteiger partial charge on any atom is -0.504 e. The number of carbonyl (C=O) groups is 1. The molecule has 1 atom stereocenters. The summed E-state index contributed by atoms with van der Waals surface area (Å²) in [6.07, 6.45) is 1.43. The number of fused-ring (bicyclic) bond motifs is 1. The van der Waals surface area contributed by atoms with Crippen molar-refractivity contribution in [3.8, 4) is 28.7 Å². The molecule has 0 fully saturated rings. The molecule has 7 heteroatoms. The van der Waals surface area contributed by atoms with Gasteiger partial charge in [-0.25, -0.2) is 0 Å². The Kier molecular flexibility index (Phi) is 6.49. The van der Waals surface area contributed by atoms with Crippen LogP contribution in [-0.4, -0.2) is 45.9 Å². The van der Waals surface area contributed by atoms with Crippen molar-refractivity contribution in [2.24, 2.45) is 0 Å². The molecule has 1 unspecified atom stereocenters. The molecule has 0 bridgehead atoms. The molecule has 0 amide bonds. The Morgan fingerprint density at radius 3 is 2.24 bits per heavy atom. The minimum atomic E-state index is -0.317. The summed E-state index contributed by atoms with van der Waals surface area (Å²) in [6, 6.07) is 6.85. The highest BCUT2D eigenvalue weighted by Crippen LogP contribution is 2.47. The number of ether oxygens (including phenoxy) is 4. The van der Waals surface area contributed by atoms with Crippen molar-refractivity contribution in [1.29, 1.82) is 0 Å². The van der Waals surface area contributed by atoms with Crippen LogP contribution >= 0.6 is 0 Å². The van der Waals surface area contributed by atoms with Crippen LogP contribution in [0.3, 0.4) is 0 Å². The van der Waals surface area contributed by atoms with Crippen LogP contribution in [0.4, 0.5) is 0 Å². The molecule has 0 saturated carbocycles. The number of benzene rings is 2. The summed E-state index contributed by atoms with van der Waals surface area (Å²) in [5, 5.41) is 13.8. The third kappa shape index (κ3) is 4.10. The van der Waals surface area contributed by atoms with Crippen LogP contribution in [0.1, 0.15) is 35.6 Å². The maximum atomic E-state index is 12.2.